The second-order valence-electron chi connectivity index (χ2n) is 2.50. The Morgan fingerprint density at radius 1 is 1.57 bits per heavy atom. The van der Waals surface area contributed by atoms with E-state index in [1.165, 1.54) is 6.20 Å². The van der Waals surface area contributed by atoms with Gasteiger partial charge in [-0.05, 0) is 5.56 Å². The number of rotatable bonds is 3. The Balaban J connectivity index is 3.35. The number of carboxylic acids is 1. The van der Waals surface area contributed by atoms with Crippen molar-refractivity contribution in [1.82, 2.24) is 4.98 Å². The molecule has 1 rings (SSSR count). The molecule has 14 heavy (non-hydrogen) atoms. The molecule has 0 spiro atoms. The molecule has 0 saturated heterocycles. The number of aromatic carboxylic acids is 1. The largest absolute Gasteiger partial charge is 0.478 e. The van der Waals surface area contributed by atoms with Crippen molar-refractivity contribution in [3.63, 3.8) is 0 Å². The van der Waals surface area contributed by atoms with Gasteiger partial charge in [-0.3, -0.25) is 4.98 Å². The van der Waals surface area contributed by atoms with Gasteiger partial charge in [0.25, 0.3) is 6.43 Å². The number of aromatic nitrogens is 1. The number of carboxylic acid groups (broad SMARTS) is 1. The van der Waals surface area contributed by atoms with Gasteiger partial charge < -0.3 is 5.11 Å². The van der Waals surface area contributed by atoms with Crippen molar-refractivity contribution in [2.24, 2.45) is 0 Å². The van der Waals surface area contributed by atoms with Gasteiger partial charge in [0.2, 0.25) is 0 Å². The van der Waals surface area contributed by atoms with Gasteiger partial charge in [-0.25, -0.2) is 13.6 Å². The summed E-state index contributed by atoms with van der Waals surface area (Å²) in [6.07, 6.45) is -0.657. The molecule has 0 fully saturated rings. The number of hydrogen-bond acceptors (Lipinski definition) is 2. The van der Waals surface area contributed by atoms with E-state index in [0.29, 0.717) is 0 Å². The van der Waals surface area contributed by atoms with E-state index in [0.717, 1.165) is 6.20 Å². The maximum Gasteiger partial charge on any atom is 0.337 e. The lowest BCUT2D eigenvalue weighted by Crippen LogP contribution is -2.06. The molecule has 6 heteroatoms. The molecule has 0 aliphatic rings. The van der Waals surface area contributed by atoms with Crippen molar-refractivity contribution in [2.75, 3.05) is 0 Å². The molecule has 76 valence electrons. The minimum atomic E-state index is -2.81. The first-order valence-corrected chi connectivity index (χ1v) is 4.74. The number of nitrogens with zero attached hydrogens (tertiary/aromatic N) is 1. The van der Waals surface area contributed by atoms with Gasteiger partial charge >= 0.3 is 5.97 Å². The average Bonchev–Trinajstić information content (AvgIpc) is 2.16. The Morgan fingerprint density at radius 2 is 2.21 bits per heavy atom. The lowest BCUT2D eigenvalue weighted by molar-refractivity contribution is 0.0683. The van der Waals surface area contributed by atoms with E-state index < -0.39 is 23.5 Å². The third-order valence-electron chi connectivity index (χ3n) is 1.66. The molecule has 0 saturated carbocycles. The lowest BCUT2D eigenvalue weighted by atomic mass is 10.1. The van der Waals surface area contributed by atoms with E-state index in [-0.39, 0.29) is 10.9 Å². The van der Waals surface area contributed by atoms with Crippen LogP contribution in [0.5, 0.6) is 0 Å². The van der Waals surface area contributed by atoms with Crippen molar-refractivity contribution in [2.45, 2.75) is 11.8 Å². The van der Waals surface area contributed by atoms with Crippen LogP contribution in [0.3, 0.4) is 0 Å². The Morgan fingerprint density at radius 3 is 2.64 bits per heavy atom. The SMILES string of the molecule is O=C(O)c1cncc(CBr)c1C(F)F. The highest BCUT2D eigenvalue weighted by Crippen LogP contribution is 2.27. The Bertz CT molecular complexity index is 357. The minimum absolute atomic E-state index is 0.154. The summed E-state index contributed by atoms with van der Waals surface area (Å²) >= 11 is 2.99. The summed E-state index contributed by atoms with van der Waals surface area (Å²) in [4.78, 5) is 14.2. The molecule has 1 N–H and O–H groups in total. The van der Waals surface area contributed by atoms with Crippen molar-refractivity contribution in [3.05, 3.63) is 29.1 Å². The number of carbonyl (C=O) groups is 1. The number of pyridine rings is 1. The highest BCUT2D eigenvalue weighted by Gasteiger charge is 2.21. The van der Waals surface area contributed by atoms with E-state index in [9.17, 15) is 13.6 Å². The molecule has 0 amide bonds. The molecular formula is C8H6BrF2NO2. The number of hydrogen-bond donors (Lipinski definition) is 1. The van der Waals surface area contributed by atoms with Crippen molar-refractivity contribution in [1.29, 1.82) is 0 Å². The van der Waals surface area contributed by atoms with Gasteiger partial charge in [-0.1, -0.05) is 15.9 Å². The first-order valence-electron chi connectivity index (χ1n) is 3.62. The molecule has 1 heterocycles. The third-order valence-corrected chi connectivity index (χ3v) is 2.27. The standard InChI is InChI=1S/C8H6BrF2NO2/c9-1-4-2-12-3-5(8(13)14)6(4)7(10)11/h2-3,7H,1H2,(H,13,14). The van der Waals surface area contributed by atoms with Crippen LogP contribution in [0.15, 0.2) is 12.4 Å². The first kappa shape index (κ1) is 11.0. The van der Waals surface area contributed by atoms with E-state index in [1.807, 2.05) is 0 Å². The van der Waals surface area contributed by atoms with Gasteiger partial charge in [0.05, 0.1) is 5.56 Å². The zero-order chi connectivity index (χ0) is 10.7. The van der Waals surface area contributed by atoms with Crippen LogP contribution >= 0.6 is 15.9 Å². The monoisotopic (exact) mass is 265 g/mol. The second kappa shape index (κ2) is 4.45. The molecule has 0 unspecified atom stereocenters. The highest BCUT2D eigenvalue weighted by molar-refractivity contribution is 9.08. The highest BCUT2D eigenvalue weighted by atomic mass is 79.9. The summed E-state index contributed by atoms with van der Waals surface area (Å²) in [5.74, 6) is -1.39. The van der Waals surface area contributed by atoms with Crippen LogP contribution in [0.2, 0.25) is 0 Å². The first-order chi connectivity index (χ1) is 6.57. The Labute approximate surface area is 86.9 Å². The summed E-state index contributed by atoms with van der Waals surface area (Å²) < 4.78 is 25.0. The molecule has 0 aliphatic heterocycles. The van der Waals surface area contributed by atoms with E-state index >= 15 is 0 Å². The number of halogens is 3. The van der Waals surface area contributed by atoms with E-state index in [4.69, 9.17) is 5.11 Å². The molecule has 0 radical (unpaired) electrons. The Kier molecular flexibility index (Phi) is 3.51. The quantitative estimate of drug-likeness (QED) is 0.855. The topological polar surface area (TPSA) is 50.2 Å². The third kappa shape index (κ3) is 2.06. The van der Waals surface area contributed by atoms with Crippen molar-refractivity contribution < 1.29 is 18.7 Å². The van der Waals surface area contributed by atoms with Crippen LogP contribution < -0.4 is 0 Å². The summed E-state index contributed by atoms with van der Waals surface area (Å²) in [6, 6.07) is 0. The predicted molar refractivity (Wildman–Crippen MR) is 48.8 cm³/mol. The van der Waals surface area contributed by atoms with Crippen LogP contribution in [0.4, 0.5) is 8.78 Å². The zero-order valence-corrected chi connectivity index (χ0v) is 8.46. The van der Waals surface area contributed by atoms with E-state index in [2.05, 4.69) is 20.9 Å². The normalized spacial score (nSPS) is 10.6. The second-order valence-corrected chi connectivity index (χ2v) is 3.06. The maximum absolute atomic E-state index is 12.5. The van der Waals surface area contributed by atoms with Crippen LogP contribution in [-0.2, 0) is 5.33 Å². The van der Waals surface area contributed by atoms with Gasteiger partial charge in [0.15, 0.2) is 0 Å². The summed E-state index contributed by atoms with van der Waals surface area (Å²) in [5.41, 5.74) is -0.721. The molecule has 0 bridgehead atoms. The van der Waals surface area contributed by atoms with Crippen molar-refractivity contribution in [3.8, 4) is 0 Å². The predicted octanol–water partition coefficient (Wildman–Crippen LogP) is 2.61. The van der Waals surface area contributed by atoms with Crippen molar-refractivity contribution >= 4 is 21.9 Å². The molecule has 0 atom stereocenters. The number of alkyl halides is 3. The fraction of sp³-hybridized carbons (Fsp3) is 0.250. The Hall–Kier alpha value is -1.04. The van der Waals surface area contributed by atoms with Crippen LogP contribution in [0, 0.1) is 0 Å². The fourth-order valence-electron chi connectivity index (χ4n) is 1.05. The van der Waals surface area contributed by atoms with Crippen LogP contribution in [-0.4, -0.2) is 16.1 Å². The summed E-state index contributed by atoms with van der Waals surface area (Å²) in [5, 5.41) is 8.80. The molecule has 1 aromatic heterocycles. The lowest BCUT2D eigenvalue weighted by Gasteiger charge is -2.08. The zero-order valence-electron chi connectivity index (χ0n) is 6.88. The summed E-state index contributed by atoms with van der Waals surface area (Å²) in [6.45, 7) is 0. The minimum Gasteiger partial charge on any atom is -0.478 e. The average molecular weight is 266 g/mol. The van der Waals surface area contributed by atoms with E-state index in [1.54, 1.807) is 0 Å². The molecule has 0 aromatic carbocycles. The maximum atomic E-state index is 12.5. The molecule has 0 aliphatic carbocycles. The summed E-state index contributed by atoms with van der Waals surface area (Å²) in [7, 11) is 0. The molecular weight excluding hydrogens is 260 g/mol. The molecule has 3 nitrogen and oxygen atoms in total. The fourth-order valence-corrected chi connectivity index (χ4v) is 1.50. The van der Waals surface area contributed by atoms with Gasteiger partial charge in [0, 0.05) is 23.3 Å². The van der Waals surface area contributed by atoms with Gasteiger partial charge in [-0.2, -0.15) is 0 Å². The van der Waals surface area contributed by atoms with Gasteiger partial charge in [0.1, 0.15) is 0 Å². The molecule has 1 aromatic rings. The van der Waals surface area contributed by atoms with Crippen LogP contribution in [0.1, 0.15) is 27.9 Å². The van der Waals surface area contributed by atoms with Gasteiger partial charge in [-0.15, -0.1) is 0 Å². The van der Waals surface area contributed by atoms with Crippen LogP contribution in [0.25, 0.3) is 0 Å². The smallest absolute Gasteiger partial charge is 0.337 e.